The summed E-state index contributed by atoms with van der Waals surface area (Å²) >= 11 is 0. The Morgan fingerprint density at radius 3 is 2.33 bits per heavy atom. The van der Waals surface area contributed by atoms with Crippen molar-refractivity contribution in [2.24, 2.45) is 0 Å². The Morgan fingerprint density at radius 2 is 1.69 bits per heavy atom. The molecule has 1 saturated heterocycles. The summed E-state index contributed by atoms with van der Waals surface area (Å²) in [6.45, 7) is 3.03. The lowest BCUT2D eigenvalue weighted by Gasteiger charge is -2.28. The van der Waals surface area contributed by atoms with E-state index in [1.165, 1.54) is 29.4 Å². The number of rotatable bonds is 6. The predicted octanol–water partition coefficient (Wildman–Crippen LogP) is 4.98. The number of amides is 4. The first kappa shape index (κ1) is 24.7. The molecule has 4 amide bonds. The number of benzene rings is 2. The van der Waals surface area contributed by atoms with E-state index in [1.54, 1.807) is 44.2 Å². The number of ether oxygens (including phenoxy) is 1. The molecule has 8 nitrogen and oxygen atoms in total. The van der Waals surface area contributed by atoms with E-state index in [0.29, 0.717) is 11.3 Å². The standard InChI is InChI=1S/C25H21F3N4O4/c1-24(2)22(34)32(18-8-10-19(11-9-18)36-25(26,27)28)23(35)31(24)15-16-12-13-29-14-20(16)21(33)30-17-6-4-3-5-7-17/h3-14H,15H2,1-2H3,(H,30,33). The summed E-state index contributed by atoms with van der Waals surface area (Å²) in [7, 11) is 0. The quantitative estimate of drug-likeness (QED) is 0.484. The number of pyridine rings is 1. The summed E-state index contributed by atoms with van der Waals surface area (Å²) in [6.07, 6.45) is -2.02. The minimum absolute atomic E-state index is 0.0800. The molecule has 0 atom stereocenters. The molecule has 1 fully saturated rings. The van der Waals surface area contributed by atoms with E-state index >= 15 is 0 Å². The van der Waals surface area contributed by atoms with Gasteiger partial charge in [0.25, 0.3) is 11.8 Å². The van der Waals surface area contributed by atoms with Crippen LogP contribution in [0.15, 0.2) is 73.1 Å². The van der Waals surface area contributed by atoms with Gasteiger partial charge >= 0.3 is 12.4 Å². The minimum atomic E-state index is -4.87. The van der Waals surface area contributed by atoms with E-state index in [-0.39, 0.29) is 17.8 Å². The SMILES string of the molecule is CC1(C)C(=O)N(c2ccc(OC(F)(F)F)cc2)C(=O)N1Cc1ccncc1C(=O)Nc1ccccc1. The van der Waals surface area contributed by atoms with Gasteiger partial charge < -0.3 is 15.0 Å². The molecule has 0 saturated carbocycles. The van der Waals surface area contributed by atoms with E-state index in [9.17, 15) is 27.6 Å². The van der Waals surface area contributed by atoms with Crippen LogP contribution in [0.5, 0.6) is 5.75 Å². The summed E-state index contributed by atoms with van der Waals surface area (Å²) in [5.41, 5.74) is 0.0586. The van der Waals surface area contributed by atoms with E-state index in [2.05, 4.69) is 15.0 Å². The van der Waals surface area contributed by atoms with E-state index < -0.39 is 35.5 Å². The van der Waals surface area contributed by atoms with Crippen LogP contribution in [0.25, 0.3) is 0 Å². The summed E-state index contributed by atoms with van der Waals surface area (Å²) in [5, 5.41) is 2.77. The van der Waals surface area contributed by atoms with Crippen LogP contribution in [-0.2, 0) is 11.3 Å². The molecule has 1 aliphatic heterocycles. The van der Waals surface area contributed by atoms with Crippen molar-refractivity contribution in [3.05, 3.63) is 84.2 Å². The normalized spacial score (nSPS) is 15.2. The highest BCUT2D eigenvalue weighted by Gasteiger charge is 2.52. The maximum atomic E-state index is 13.3. The van der Waals surface area contributed by atoms with Gasteiger partial charge in [0.05, 0.1) is 11.3 Å². The molecule has 0 aliphatic carbocycles. The van der Waals surface area contributed by atoms with Crippen LogP contribution in [0.3, 0.4) is 0 Å². The first-order valence-corrected chi connectivity index (χ1v) is 10.8. The summed E-state index contributed by atoms with van der Waals surface area (Å²) in [4.78, 5) is 45.6. The lowest BCUT2D eigenvalue weighted by atomic mass is 10.0. The molecule has 0 spiro atoms. The van der Waals surface area contributed by atoms with Crippen molar-refractivity contribution in [1.29, 1.82) is 0 Å². The van der Waals surface area contributed by atoms with Gasteiger partial charge in [-0.05, 0) is 61.9 Å². The second-order valence-corrected chi connectivity index (χ2v) is 8.46. The van der Waals surface area contributed by atoms with Gasteiger partial charge in [0.15, 0.2) is 0 Å². The number of para-hydroxylation sites is 1. The Bertz CT molecular complexity index is 1290. The molecular formula is C25H21F3N4O4. The molecule has 3 aromatic rings. The number of hydrogen-bond donors (Lipinski definition) is 1. The number of carbonyl (C=O) groups is 3. The van der Waals surface area contributed by atoms with Crippen molar-refractivity contribution in [3.63, 3.8) is 0 Å². The molecular weight excluding hydrogens is 477 g/mol. The highest BCUT2D eigenvalue weighted by atomic mass is 19.4. The van der Waals surface area contributed by atoms with Crippen molar-refractivity contribution in [2.45, 2.75) is 32.3 Å². The molecule has 2 heterocycles. The number of aromatic nitrogens is 1. The van der Waals surface area contributed by atoms with Gasteiger partial charge in [-0.3, -0.25) is 14.6 Å². The Balaban J connectivity index is 1.58. The van der Waals surface area contributed by atoms with Crippen LogP contribution >= 0.6 is 0 Å². The van der Waals surface area contributed by atoms with Crippen molar-refractivity contribution in [1.82, 2.24) is 9.88 Å². The average Bonchev–Trinajstić information content (AvgIpc) is 2.99. The zero-order valence-electron chi connectivity index (χ0n) is 19.2. The summed E-state index contributed by atoms with van der Waals surface area (Å²) in [6, 6.07) is 14.1. The molecule has 1 N–H and O–H groups in total. The molecule has 0 unspecified atom stereocenters. The molecule has 2 aromatic carbocycles. The van der Waals surface area contributed by atoms with Crippen molar-refractivity contribution in [3.8, 4) is 5.75 Å². The third-order valence-corrected chi connectivity index (χ3v) is 5.67. The van der Waals surface area contributed by atoms with Gasteiger partial charge in [-0.1, -0.05) is 18.2 Å². The largest absolute Gasteiger partial charge is 0.573 e. The lowest BCUT2D eigenvalue weighted by molar-refractivity contribution is -0.274. The van der Waals surface area contributed by atoms with Gasteiger partial charge in [0.1, 0.15) is 11.3 Å². The highest BCUT2D eigenvalue weighted by Crippen LogP contribution is 2.35. The zero-order valence-corrected chi connectivity index (χ0v) is 19.2. The van der Waals surface area contributed by atoms with Gasteiger partial charge in [0.2, 0.25) is 0 Å². The van der Waals surface area contributed by atoms with Gasteiger partial charge in [-0.15, -0.1) is 13.2 Å². The number of anilines is 2. The number of nitrogens with zero attached hydrogens (tertiary/aromatic N) is 3. The second-order valence-electron chi connectivity index (χ2n) is 8.46. The van der Waals surface area contributed by atoms with Gasteiger partial charge in [0, 0.05) is 24.6 Å². The second kappa shape index (κ2) is 9.33. The van der Waals surface area contributed by atoms with Gasteiger partial charge in [-0.2, -0.15) is 0 Å². The third-order valence-electron chi connectivity index (χ3n) is 5.67. The van der Waals surface area contributed by atoms with Crippen molar-refractivity contribution < 1.29 is 32.3 Å². The number of carbonyl (C=O) groups excluding carboxylic acids is 3. The topological polar surface area (TPSA) is 91.8 Å². The molecule has 4 rings (SSSR count). The predicted molar refractivity (Wildman–Crippen MR) is 124 cm³/mol. The maximum Gasteiger partial charge on any atom is 0.573 e. The number of nitrogens with one attached hydrogen (secondary N) is 1. The van der Waals surface area contributed by atoms with E-state index in [1.807, 2.05) is 6.07 Å². The third kappa shape index (κ3) is 4.99. The number of alkyl halides is 3. The number of halogens is 3. The highest BCUT2D eigenvalue weighted by molar-refractivity contribution is 6.23. The smallest absolute Gasteiger partial charge is 0.406 e. The van der Waals surface area contributed by atoms with E-state index in [4.69, 9.17) is 0 Å². The molecule has 1 aliphatic rings. The van der Waals surface area contributed by atoms with Crippen molar-refractivity contribution >= 4 is 29.2 Å². The van der Waals surface area contributed by atoms with Crippen LogP contribution in [0.1, 0.15) is 29.8 Å². The zero-order chi connectivity index (χ0) is 26.1. The Labute approximate surface area is 204 Å². The number of hydrogen-bond acceptors (Lipinski definition) is 5. The Morgan fingerprint density at radius 1 is 1.03 bits per heavy atom. The van der Waals surface area contributed by atoms with Crippen molar-refractivity contribution in [2.75, 3.05) is 10.2 Å². The minimum Gasteiger partial charge on any atom is -0.406 e. The molecule has 11 heteroatoms. The Kier molecular flexibility index (Phi) is 6.40. The fourth-order valence-corrected chi connectivity index (χ4v) is 3.78. The number of imide groups is 1. The summed E-state index contributed by atoms with van der Waals surface area (Å²) < 4.78 is 41.2. The average molecular weight is 498 g/mol. The first-order chi connectivity index (χ1) is 17.0. The Hall–Kier alpha value is -4.41. The fraction of sp³-hybridized carbons (Fsp3) is 0.200. The van der Waals surface area contributed by atoms with Crippen LogP contribution in [0.4, 0.5) is 29.3 Å². The van der Waals surface area contributed by atoms with Crippen LogP contribution < -0.4 is 15.0 Å². The fourth-order valence-electron chi connectivity index (χ4n) is 3.78. The van der Waals surface area contributed by atoms with Crippen LogP contribution in [0, 0.1) is 0 Å². The van der Waals surface area contributed by atoms with E-state index in [0.717, 1.165) is 17.0 Å². The lowest BCUT2D eigenvalue weighted by Crippen LogP contribution is -2.44. The van der Waals surface area contributed by atoms with Crippen LogP contribution in [-0.4, -0.2) is 39.6 Å². The maximum absolute atomic E-state index is 13.3. The van der Waals surface area contributed by atoms with Gasteiger partial charge in [-0.25, -0.2) is 9.69 Å². The summed E-state index contributed by atoms with van der Waals surface area (Å²) in [5.74, 6) is -1.48. The number of urea groups is 1. The molecule has 0 radical (unpaired) electrons. The molecule has 36 heavy (non-hydrogen) atoms. The molecule has 186 valence electrons. The first-order valence-electron chi connectivity index (χ1n) is 10.8. The molecule has 1 aromatic heterocycles. The monoisotopic (exact) mass is 498 g/mol. The van der Waals surface area contributed by atoms with Crippen LogP contribution in [0.2, 0.25) is 0 Å². The molecule has 0 bridgehead atoms.